The SMILES string of the molecule is CCC(C)C(=O)NCCOCC(F)(OC(F)(F)C(F)(OC(F)(F)C(F)(F)C(F)(F)F)C(F)(F)F)C(F)(F)F. The minimum absolute atomic E-state index is 0.248. The fraction of sp³-hybridized carbons (Fsp3) is 0.938. The van der Waals surface area contributed by atoms with E-state index in [1.807, 2.05) is 5.32 Å². The summed E-state index contributed by atoms with van der Waals surface area (Å²) in [5.74, 6) is -23.4. The number of hydrogen-bond acceptors (Lipinski definition) is 4. The van der Waals surface area contributed by atoms with E-state index in [0.29, 0.717) is 0 Å². The van der Waals surface area contributed by atoms with Crippen LogP contribution in [0.3, 0.4) is 0 Å². The van der Waals surface area contributed by atoms with Gasteiger partial charge in [0.05, 0.1) is 6.61 Å². The Morgan fingerprint density at radius 1 is 0.711 bits per heavy atom. The van der Waals surface area contributed by atoms with E-state index in [4.69, 9.17) is 0 Å². The van der Waals surface area contributed by atoms with Gasteiger partial charge in [-0.3, -0.25) is 14.3 Å². The molecule has 0 aromatic carbocycles. The molecule has 0 saturated heterocycles. The summed E-state index contributed by atoms with van der Waals surface area (Å²) in [6, 6.07) is 0. The number of carbonyl (C=O) groups excluding carboxylic acids is 1. The first-order valence-corrected chi connectivity index (χ1v) is 9.50. The molecule has 38 heavy (non-hydrogen) atoms. The molecular formula is C16H16F17NO4. The molecule has 22 heteroatoms. The maximum absolute atomic E-state index is 14.2. The highest BCUT2D eigenvalue weighted by Gasteiger charge is 2.85. The van der Waals surface area contributed by atoms with E-state index >= 15 is 0 Å². The van der Waals surface area contributed by atoms with Crippen molar-refractivity contribution in [1.82, 2.24) is 5.32 Å². The van der Waals surface area contributed by atoms with Gasteiger partial charge >= 0.3 is 48.4 Å². The predicted octanol–water partition coefficient (Wildman–Crippen LogP) is 6.04. The maximum Gasteiger partial charge on any atom is 0.462 e. The van der Waals surface area contributed by atoms with E-state index in [1.54, 1.807) is 0 Å². The first kappa shape index (κ1) is 36.2. The highest BCUT2D eigenvalue weighted by Crippen LogP contribution is 2.56. The Kier molecular flexibility index (Phi) is 10.8. The summed E-state index contributed by atoms with van der Waals surface area (Å²) in [6.07, 6.45) is -37.7. The Morgan fingerprint density at radius 2 is 1.18 bits per heavy atom. The van der Waals surface area contributed by atoms with Gasteiger partial charge < -0.3 is 10.1 Å². The molecule has 5 nitrogen and oxygen atoms in total. The molecule has 0 saturated carbocycles. The van der Waals surface area contributed by atoms with Crippen molar-refractivity contribution in [3.8, 4) is 0 Å². The minimum atomic E-state index is -7.94. The number of carbonyl (C=O) groups is 1. The monoisotopic (exact) mass is 609 g/mol. The van der Waals surface area contributed by atoms with Crippen LogP contribution in [0.1, 0.15) is 20.3 Å². The van der Waals surface area contributed by atoms with Crippen LogP contribution in [-0.4, -0.2) is 74.0 Å². The summed E-state index contributed by atoms with van der Waals surface area (Å²) in [4.78, 5) is 11.4. The second kappa shape index (κ2) is 11.3. The lowest BCUT2D eigenvalue weighted by Crippen LogP contribution is -2.67. The second-order valence-corrected chi connectivity index (χ2v) is 7.28. The molecule has 3 unspecified atom stereocenters. The Labute approximate surface area is 200 Å². The molecule has 0 fully saturated rings. The molecule has 0 bridgehead atoms. The van der Waals surface area contributed by atoms with E-state index in [-0.39, 0.29) is 6.42 Å². The van der Waals surface area contributed by atoms with Gasteiger partial charge in [-0.15, -0.1) is 0 Å². The number of ether oxygens (including phenoxy) is 3. The molecule has 0 aliphatic rings. The van der Waals surface area contributed by atoms with Crippen molar-refractivity contribution in [3.63, 3.8) is 0 Å². The zero-order chi connectivity index (χ0) is 30.8. The summed E-state index contributed by atoms with van der Waals surface area (Å²) in [5.41, 5.74) is 0. The molecule has 0 aromatic rings. The molecule has 0 spiro atoms. The third-order valence-corrected chi connectivity index (χ3v) is 4.34. The molecule has 0 aromatic heterocycles. The molecule has 1 N–H and O–H groups in total. The van der Waals surface area contributed by atoms with Crippen LogP contribution in [-0.2, 0) is 19.0 Å². The second-order valence-electron chi connectivity index (χ2n) is 7.28. The van der Waals surface area contributed by atoms with Gasteiger partial charge in [-0.2, -0.15) is 74.6 Å². The van der Waals surface area contributed by atoms with Crippen molar-refractivity contribution in [3.05, 3.63) is 0 Å². The zero-order valence-electron chi connectivity index (χ0n) is 18.5. The summed E-state index contributed by atoms with van der Waals surface area (Å²) >= 11 is 0. The lowest BCUT2D eigenvalue weighted by atomic mass is 10.1. The quantitative estimate of drug-likeness (QED) is 0.205. The van der Waals surface area contributed by atoms with Crippen LogP contribution in [0.2, 0.25) is 0 Å². The number of alkyl halides is 17. The molecule has 0 aliphatic carbocycles. The van der Waals surface area contributed by atoms with Gasteiger partial charge in [-0.1, -0.05) is 13.8 Å². The predicted molar refractivity (Wildman–Crippen MR) is 86.1 cm³/mol. The fourth-order valence-electron chi connectivity index (χ4n) is 1.94. The van der Waals surface area contributed by atoms with Gasteiger partial charge in [-0.05, 0) is 6.42 Å². The van der Waals surface area contributed by atoms with Crippen LogP contribution in [0.25, 0.3) is 0 Å². The molecule has 0 radical (unpaired) electrons. The lowest BCUT2D eigenvalue weighted by Gasteiger charge is -2.40. The summed E-state index contributed by atoms with van der Waals surface area (Å²) < 4.78 is 229. The third-order valence-electron chi connectivity index (χ3n) is 4.34. The van der Waals surface area contributed by atoms with E-state index < -0.39 is 80.0 Å². The van der Waals surface area contributed by atoms with Crippen LogP contribution in [0.15, 0.2) is 0 Å². The lowest BCUT2D eigenvalue weighted by molar-refractivity contribution is -0.553. The maximum atomic E-state index is 14.2. The molecule has 3 atom stereocenters. The Morgan fingerprint density at radius 3 is 1.55 bits per heavy atom. The molecular weight excluding hydrogens is 593 g/mol. The molecule has 0 rings (SSSR count). The molecule has 0 aliphatic heterocycles. The average molecular weight is 609 g/mol. The van der Waals surface area contributed by atoms with Crippen molar-refractivity contribution in [2.24, 2.45) is 5.92 Å². The van der Waals surface area contributed by atoms with Gasteiger partial charge in [0.15, 0.2) is 0 Å². The number of halogens is 17. The van der Waals surface area contributed by atoms with E-state index in [2.05, 4.69) is 9.47 Å². The number of hydrogen-bond donors (Lipinski definition) is 1. The van der Waals surface area contributed by atoms with E-state index in [0.717, 1.165) is 0 Å². The van der Waals surface area contributed by atoms with Crippen molar-refractivity contribution >= 4 is 5.91 Å². The van der Waals surface area contributed by atoms with Gasteiger partial charge in [0.1, 0.15) is 6.61 Å². The van der Waals surface area contributed by atoms with Gasteiger partial charge in [0, 0.05) is 12.5 Å². The highest BCUT2D eigenvalue weighted by molar-refractivity contribution is 5.78. The Balaban J connectivity index is 6.11. The fourth-order valence-corrected chi connectivity index (χ4v) is 1.94. The largest absolute Gasteiger partial charge is 0.462 e. The van der Waals surface area contributed by atoms with Crippen LogP contribution in [0.5, 0.6) is 0 Å². The van der Waals surface area contributed by atoms with Crippen molar-refractivity contribution in [1.29, 1.82) is 0 Å². The number of amides is 1. The van der Waals surface area contributed by atoms with Crippen LogP contribution in [0, 0.1) is 5.92 Å². The van der Waals surface area contributed by atoms with Crippen molar-refractivity contribution in [2.45, 2.75) is 68.6 Å². The molecule has 228 valence electrons. The summed E-state index contributed by atoms with van der Waals surface area (Å²) in [6.45, 7) is -2.00. The minimum Gasteiger partial charge on any atom is -0.373 e. The van der Waals surface area contributed by atoms with E-state index in [9.17, 15) is 79.4 Å². The first-order valence-electron chi connectivity index (χ1n) is 9.50. The van der Waals surface area contributed by atoms with Crippen LogP contribution >= 0.6 is 0 Å². The van der Waals surface area contributed by atoms with Gasteiger partial charge in [0.25, 0.3) is 0 Å². The van der Waals surface area contributed by atoms with E-state index in [1.165, 1.54) is 18.6 Å². The molecule has 0 heterocycles. The van der Waals surface area contributed by atoms with Crippen molar-refractivity contribution in [2.75, 3.05) is 19.8 Å². The third kappa shape index (κ3) is 7.63. The first-order chi connectivity index (χ1) is 16.5. The summed E-state index contributed by atoms with van der Waals surface area (Å²) in [5, 5.41) is 1.97. The highest BCUT2D eigenvalue weighted by atomic mass is 19.4. The average Bonchev–Trinajstić information content (AvgIpc) is 2.69. The smallest absolute Gasteiger partial charge is 0.373 e. The number of rotatable bonds is 13. The topological polar surface area (TPSA) is 56.8 Å². The van der Waals surface area contributed by atoms with Crippen LogP contribution in [0.4, 0.5) is 74.6 Å². The van der Waals surface area contributed by atoms with Gasteiger partial charge in [-0.25, -0.2) is 0 Å². The van der Waals surface area contributed by atoms with Crippen molar-refractivity contribution < 1.29 is 93.6 Å². The summed E-state index contributed by atoms with van der Waals surface area (Å²) in [7, 11) is 0. The Bertz CT molecular complexity index is 796. The zero-order valence-corrected chi connectivity index (χ0v) is 18.5. The van der Waals surface area contributed by atoms with Gasteiger partial charge in [0.2, 0.25) is 5.91 Å². The molecule has 1 amide bonds. The Hall–Kier alpha value is -1.84. The standard InChI is InChI=1S/C16H16F17NO4/c1-3-7(2)8(35)34-4-5-36-6-9(17,12(21,22)23)37-16(32,33)11(20,14(27,28)29)38-15(30,31)10(18,19)13(24,25)26/h7H,3-6H2,1-2H3,(H,34,35). The van der Waals surface area contributed by atoms with Crippen LogP contribution < -0.4 is 5.32 Å². The normalized spacial score (nSPS) is 18.5. The number of nitrogens with one attached hydrogen (secondary N) is 1.